The van der Waals surface area contributed by atoms with Gasteiger partial charge in [0.15, 0.2) is 0 Å². The molecule has 2 unspecified atom stereocenters. The number of amides is 2. The summed E-state index contributed by atoms with van der Waals surface area (Å²) in [5.74, 6) is 0.158. The number of hydrogen-bond donors (Lipinski definition) is 0. The lowest BCUT2D eigenvalue weighted by atomic mass is 10.1. The van der Waals surface area contributed by atoms with E-state index in [1.165, 1.54) is 0 Å². The predicted octanol–water partition coefficient (Wildman–Crippen LogP) is 0.394. The summed E-state index contributed by atoms with van der Waals surface area (Å²) in [6.45, 7) is 6.51. The highest BCUT2D eigenvalue weighted by Crippen LogP contribution is 2.24. The standard InChI is InChI=1S/C11H16N2O2/c1-3-8(2)13-7-10(14)12-6-4-5-9(12)11(13)15/h3,8-9H,1,4-7H2,2H3. The van der Waals surface area contributed by atoms with Crippen LogP contribution < -0.4 is 0 Å². The van der Waals surface area contributed by atoms with Crippen molar-refractivity contribution in [2.75, 3.05) is 13.1 Å². The Morgan fingerprint density at radius 3 is 2.93 bits per heavy atom. The van der Waals surface area contributed by atoms with Gasteiger partial charge in [-0.15, -0.1) is 6.58 Å². The van der Waals surface area contributed by atoms with Crippen LogP contribution in [0.2, 0.25) is 0 Å². The molecule has 0 aromatic rings. The highest BCUT2D eigenvalue weighted by Gasteiger charge is 2.42. The molecule has 4 nitrogen and oxygen atoms in total. The zero-order chi connectivity index (χ0) is 11.0. The SMILES string of the molecule is C=CC(C)N1CC(=O)N2CCCC2C1=O. The van der Waals surface area contributed by atoms with Crippen molar-refractivity contribution in [1.29, 1.82) is 0 Å². The Kier molecular flexibility index (Phi) is 2.50. The molecule has 2 fully saturated rings. The Morgan fingerprint density at radius 1 is 1.53 bits per heavy atom. The smallest absolute Gasteiger partial charge is 0.246 e. The second-order valence-corrected chi connectivity index (χ2v) is 4.19. The second kappa shape index (κ2) is 3.68. The van der Waals surface area contributed by atoms with Crippen LogP contribution in [0.3, 0.4) is 0 Å². The van der Waals surface area contributed by atoms with Gasteiger partial charge in [-0.3, -0.25) is 9.59 Å². The van der Waals surface area contributed by atoms with Crippen molar-refractivity contribution in [3.63, 3.8) is 0 Å². The lowest BCUT2D eigenvalue weighted by molar-refractivity contribution is -0.154. The Labute approximate surface area is 89.5 Å². The quantitative estimate of drug-likeness (QED) is 0.616. The summed E-state index contributed by atoms with van der Waals surface area (Å²) in [4.78, 5) is 27.1. The summed E-state index contributed by atoms with van der Waals surface area (Å²) in [5, 5.41) is 0. The second-order valence-electron chi connectivity index (χ2n) is 4.19. The number of carbonyl (C=O) groups is 2. The molecule has 2 rings (SSSR count). The van der Waals surface area contributed by atoms with E-state index in [0.29, 0.717) is 0 Å². The maximum absolute atomic E-state index is 12.0. The van der Waals surface area contributed by atoms with Crippen LogP contribution in [0.1, 0.15) is 19.8 Å². The predicted molar refractivity (Wildman–Crippen MR) is 56.1 cm³/mol. The largest absolute Gasteiger partial charge is 0.329 e. The normalized spacial score (nSPS) is 27.9. The zero-order valence-corrected chi connectivity index (χ0v) is 8.98. The Hall–Kier alpha value is -1.32. The van der Waals surface area contributed by atoms with Crippen LogP contribution in [0.4, 0.5) is 0 Å². The average molecular weight is 208 g/mol. The van der Waals surface area contributed by atoms with Gasteiger partial charge in [0.2, 0.25) is 11.8 Å². The summed E-state index contributed by atoms with van der Waals surface area (Å²) in [5.41, 5.74) is 0. The van der Waals surface area contributed by atoms with Crippen molar-refractivity contribution >= 4 is 11.8 Å². The summed E-state index contributed by atoms with van der Waals surface area (Å²) < 4.78 is 0. The molecule has 0 spiro atoms. The minimum absolute atomic E-state index is 0.0517. The van der Waals surface area contributed by atoms with Crippen molar-refractivity contribution in [2.24, 2.45) is 0 Å². The van der Waals surface area contributed by atoms with E-state index in [4.69, 9.17) is 0 Å². The summed E-state index contributed by atoms with van der Waals surface area (Å²) >= 11 is 0. The fourth-order valence-electron chi connectivity index (χ4n) is 2.30. The van der Waals surface area contributed by atoms with E-state index in [1.807, 2.05) is 6.92 Å². The van der Waals surface area contributed by atoms with E-state index in [1.54, 1.807) is 15.9 Å². The fraction of sp³-hybridized carbons (Fsp3) is 0.636. The van der Waals surface area contributed by atoms with Gasteiger partial charge in [0.1, 0.15) is 12.6 Å². The maximum Gasteiger partial charge on any atom is 0.246 e. The Morgan fingerprint density at radius 2 is 2.27 bits per heavy atom. The molecule has 2 aliphatic heterocycles. The van der Waals surface area contributed by atoms with E-state index in [2.05, 4.69) is 6.58 Å². The lowest BCUT2D eigenvalue weighted by Gasteiger charge is -2.38. The van der Waals surface area contributed by atoms with Crippen LogP contribution in [0.25, 0.3) is 0 Å². The van der Waals surface area contributed by atoms with Crippen LogP contribution in [-0.2, 0) is 9.59 Å². The number of piperazine rings is 1. The molecule has 0 aromatic carbocycles. The first-order valence-corrected chi connectivity index (χ1v) is 5.37. The van der Waals surface area contributed by atoms with E-state index < -0.39 is 0 Å². The summed E-state index contributed by atoms with van der Waals surface area (Å²) in [6, 6.07) is -0.252. The van der Waals surface area contributed by atoms with Gasteiger partial charge in [0, 0.05) is 12.6 Å². The van der Waals surface area contributed by atoms with Gasteiger partial charge in [-0.05, 0) is 19.8 Å². The first kappa shape index (κ1) is 10.2. The van der Waals surface area contributed by atoms with Gasteiger partial charge in [-0.1, -0.05) is 6.08 Å². The van der Waals surface area contributed by atoms with Gasteiger partial charge < -0.3 is 9.80 Å². The van der Waals surface area contributed by atoms with Crippen LogP contribution in [0.15, 0.2) is 12.7 Å². The molecule has 0 N–H and O–H groups in total. The van der Waals surface area contributed by atoms with Crippen molar-refractivity contribution in [3.8, 4) is 0 Å². The van der Waals surface area contributed by atoms with Crippen molar-refractivity contribution in [3.05, 3.63) is 12.7 Å². The molecular formula is C11H16N2O2. The van der Waals surface area contributed by atoms with Crippen LogP contribution in [0, 0.1) is 0 Å². The molecule has 15 heavy (non-hydrogen) atoms. The van der Waals surface area contributed by atoms with E-state index in [-0.39, 0.29) is 30.4 Å². The third kappa shape index (κ3) is 1.54. The fourth-order valence-corrected chi connectivity index (χ4v) is 2.30. The van der Waals surface area contributed by atoms with Gasteiger partial charge in [-0.2, -0.15) is 0 Å². The van der Waals surface area contributed by atoms with Crippen molar-refractivity contribution in [1.82, 2.24) is 9.80 Å². The van der Waals surface area contributed by atoms with Gasteiger partial charge in [-0.25, -0.2) is 0 Å². The number of carbonyl (C=O) groups excluding carboxylic acids is 2. The highest BCUT2D eigenvalue weighted by atomic mass is 16.2. The highest BCUT2D eigenvalue weighted by molar-refractivity contribution is 5.95. The monoisotopic (exact) mass is 208 g/mol. The molecule has 2 heterocycles. The number of nitrogens with zero attached hydrogens (tertiary/aromatic N) is 2. The van der Waals surface area contributed by atoms with Crippen molar-refractivity contribution < 1.29 is 9.59 Å². The minimum Gasteiger partial charge on any atom is -0.329 e. The van der Waals surface area contributed by atoms with E-state index in [0.717, 1.165) is 19.4 Å². The molecule has 2 saturated heterocycles. The van der Waals surface area contributed by atoms with E-state index >= 15 is 0 Å². The summed E-state index contributed by atoms with van der Waals surface area (Å²) in [6.07, 6.45) is 3.46. The molecule has 4 heteroatoms. The van der Waals surface area contributed by atoms with E-state index in [9.17, 15) is 9.59 Å². The molecule has 2 aliphatic rings. The summed E-state index contributed by atoms with van der Waals surface area (Å²) in [7, 11) is 0. The third-order valence-electron chi connectivity index (χ3n) is 3.28. The molecule has 0 aromatic heterocycles. The molecule has 2 amide bonds. The number of hydrogen-bond acceptors (Lipinski definition) is 2. The average Bonchev–Trinajstić information content (AvgIpc) is 2.71. The van der Waals surface area contributed by atoms with Gasteiger partial charge in [0.25, 0.3) is 0 Å². The molecule has 0 saturated carbocycles. The number of rotatable bonds is 2. The molecule has 0 aliphatic carbocycles. The minimum atomic E-state index is -0.200. The van der Waals surface area contributed by atoms with Crippen molar-refractivity contribution in [2.45, 2.75) is 31.8 Å². The molecule has 2 atom stereocenters. The van der Waals surface area contributed by atoms with Gasteiger partial charge in [0.05, 0.1) is 0 Å². The van der Waals surface area contributed by atoms with Gasteiger partial charge >= 0.3 is 0 Å². The molecular weight excluding hydrogens is 192 g/mol. The molecule has 0 radical (unpaired) electrons. The first-order chi connectivity index (χ1) is 7.15. The Bertz CT molecular complexity index is 314. The van der Waals surface area contributed by atoms with Crippen LogP contribution in [0.5, 0.6) is 0 Å². The lowest BCUT2D eigenvalue weighted by Crippen LogP contribution is -2.59. The maximum atomic E-state index is 12.0. The topological polar surface area (TPSA) is 40.6 Å². The molecule has 82 valence electrons. The number of fused-ring (bicyclic) bond motifs is 1. The zero-order valence-electron chi connectivity index (χ0n) is 8.98. The van der Waals surface area contributed by atoms with Crippen LogP contribution in [-0.4, -0.2) is 46.8 Å². The van der Waals surface area contributed by atoms with Crippen LogP contribution >= 0.6 is 0 Å². The molecule has 0 bridgehead atoms. The first-order valence-electron chi connectivity index (χ1n) is 5.37. The third-order valence-corrected chi connectivity index (χ3v) is 3.28. The Balaban J connectivity index is 2.20.